The van der Waals surface area contributed by atoms with Gasteiger partial charge in [-0.1, -0.05) is 30.3 Å². The van der Waals surface area contributed by atoms with Crippen LogP contribution in [0.25, 0.3) is 6.08 Å². The van der Waals surface area contributed by atoms with Gasteiger partial charge in [-0.05, 0) is 23.8 Å². The fraction of sp³-hybridized carbons (Fsp3) is 0.222. The molecule has 8 heteroatoms. The number of ketones is 1. The Hall–Kier alpha value is -4.33. The van der Waals surface area contributed by atoms with Crippen LogP contribution in [-0.2, 0) is 6.61 Å². The van der Waals surface area contributed by atoms with Crippen LogP contribution in [0, 0.1) is 0 Å². The first-order valence-corrected chi connectivity index (χ1v) is 10.6. The highest BCUT2D eigenvalue weighted by atomic mass is 16.5. The highest BCUT2D eigenvalue weighted by Crippen LogP contribution is 2.45. The molecule has 3 rings (SSSR count). The fourth-order valence-corrected chi connectivity index (χ4v) is 3.50. The SMILES string of the molecule is COc1cc(OC)c(OC)cc1/C=C/C(=O)c1c(O)cc(OCc2ccccc2)c(OC)c1OC. The number of ether oxygens (including phenoxy) is 6. The van der Waals surface area contributed by atoms with Gasteiger partial charge in [0.1, 0.15) is 23.7 Å². The smallest absolute Gasteiger partial charge is 0.204 e. The minimum absolute atomic E-state index is 0.0597. The molecule has 0 atom stereocenters. The van der Waals surface area contributed by atoms with E-state index in [4.69, 9.17) is 28.4 Å². The third kappa shape index (κ3) is 5.60. The molecule has 0 fully saturated rings. The summed E-state index contributed by atoms with van der Waals surface area (Å²) in [6.07, 6.45) is 2.85. The van der Waals surface area contributed by atoms with Crippen molar-refractivity contribution in [2.45, 2.75) is 6.61 Å². The van der Waals surface area contributed by atoms with Crippen molar-refractivity contribution in [3.8, 4) is 40.2 Å². The van der Waals surface area contributed by atoms with E-state index in [1.54, 1.807) is 18.2 Å². The topological polar surface area (TPSA) is 92.7 Å². The van der Waals surface area contributed by atoms with Crippen LogP contribution in [0.4, 0.5) is 0 Å². The number of hydrogen-bond donors (Lipinski definition) is 1. The Morgan fingerprint density at radius 1 is 0.771 bits per heavy atom. The zero-order chi connectivity index (χ0) is 25.4. The Kier molecular flexibility index (Phi) is 8.45. The van der Waals surface area contributed by atoms with Crippen LogP contribution in [0.1, 0.15) is 21.5 Å². The molecule has 0 amide bonds. The molecule has 3 aromatic rings. The van der Waals surface area contributed by atoms with E-state index in [-0.39, 0.29) is 35.2 Å². The van der Waals surface area contributed by atoms with Gasteiger partial charge >= 0.3 is 0 Å². The Morgan fingerprint density at radius 2 is 1.40 bits per heavy atom. The van der Waals surface area contributed by atoms with Crippen molar-refractivity contribution in [2.24, 2.45) is 0 Å². The number of carbonyl (C=O) groups is 1. The number of phenols is 1. The van der Waals surface area contributed by atoms with Crippen molar-refractivity contribution in [2.75, 3.05) is 35.5 Å². The molecular weight excluding hydrogens is 452 g/mol. The lowest BCUT2D eigenvalue weighted by Crippen LogP contribution is -2.05. The summed E-state index contributed by atoms with van der Waals surface area (Å²) < 4.78 is 32.8. The van der Waals surface area contributed by atoms with E-state index in [9.17, 15) is 9.90 Å². The maximum absolute atomic E-state index is 13.1. The summed E-state index contributed by atoms with van der Waals surface area (Å²) in [7, 11) is 7.36. The monoisotopic (exact) mass is 480 g/mol. The van der Waals surface area contributed by atoms with Gasteiger partial charge in [0.25, 0.3) is 0 Å². The molecule has 184 valence electrons. The summed E-state index contributed by atoms with van der Waals surface area (Å²) in [5.74, 6) is 1.12. The molecule has 0 bridgehead atoms. The fourth-order valence-electron chi connectivity index (χ4n) is 3.50. The van der Waals surface area contributed by atoms with Crippen LogP contribution in [0.2, 0.25) is 0 Å². The van der Waals surface area contributed by atoms with Crippen molar-refractivity contribution >= 4 is 11.9 Å². The van der Waals surface area contributed by atoms with Crippen LogP contribution < -0.4 is 28.4 Å². The number of hydrogen-bond acceptors (Lipinski definition) is 8. The van der Waals surface area contributed by atoms with Crippen molar-refractivity contribution in [1.29, 1.82) is 0 Å². The summed E-state index contributed by atoms with van der Waals surface area (Å²) in [6.45, 7) is 0.242. The van der Waals surface area contributed by atoms with Gasteiger partial charge in [0, 0.05) is 17.7 Å². The molecule has 0 heterocycles. The molecule has 1 N–H and O–H groups in total. The summed E-state index contributed by atoms with van der Waals surface area (Å²) in [5.41, 5.74) is 1.44. The van der Waals surface area contributed by atoms with E-state index < -0.39 is 5.78 Å². The Bertz CT molecular complexity index is 1200. The standard InChI is InChI=1S/C27H28O8/c1-30-21-15-23(32-3)22(31-2)13-18(21)11-12-19(28)25-20(29)14-24(26(33-4)27(25)34-5)35-16-17-9-7-6-8-10-17/h6-15,29H,16H2,1-5H3/b12-11+. The minimum Gasteiger partial charge on any atom is -0.507 e. The first-order chi connectivity index (χ1) is 17.0. The van der Waals surface area contributed by atoms with Crippen molar-refractivity contribution in [3.05, 3.63) is 71.3 Å². The second-order valence-corrected chi connectivity index (χ2v) is 7.26. The van der Waals surface area contributed by atoms with Crippen LogP contribution in [0.3, 0.4) is 0 Å². The normalized spacial score (nSPS) is 10.7. The molecular formula is C27H28O8. The first kappa shape index (κ1) is 25.3. The molecule has 3 aromatic carbocycles. The van der Waals surface area contributed by atoms with Gasteiger partial charge < -0.3 is 33.5 Å². The molecule has 8 nitrogen and oxygen atoms in total. The van der Waals surface area contributed by atoms with Gasteiger partial charge in [0.2, 0.25) is 5.75 Å². The van der Waals surface area contributed by atoms with Gasteiger partial charge in [0.15, 0.2) is 28.8 Å². The second kappa shape index (κ2) is 11.7. The lowest BCUT2D eigenvalue weighted by molar-refractivity contribution is 0.104. The molecule has 0 aliphatic carbocycles. The van der Waals surface area contributed by atoms with Gasteiger partial charge in [-0.2, -0.15) is 0 Å². The first-order valence-electron chi connectivity index (χ1n) is 10.6. The average molecular weight is 481 g/mol. The van der Waals surface area contributed by atoms with E-state index in [2.05, 4.69) is 0 Å². The second-order valence-electron chi connectivity index (χ2n) is 7.26. The number of allylic oxidation sites excluding steroid dienone is 1. The number of benzene rings is 3. The van der Waals surface area contributed by atoms with E-state index in [1.807, 2.05) is 30.3 Å². The third-order valence-electron chi connectivity index (χ3n) is 5.22. The van der Waals surface area contributed by atoms with Gasteiger partial charge in [-0.25, -0.2) is 0 Å². The lowest BCUT2D eigenvalue weighted by atomic mass is 10.0. The van der Waals surface area contributed by atoms with Crippen LogP contribution >= 0.6 is 0 Å². The number of phenolic OH excluding ortho intramolecular Hbond substituents is 1. The van der Waals surface area contributed by atoms with Crippen LogP contribution in [0.15, 0.2) is 54.6 Å². The average Bonchev–Trinajstić information content (AvgIpc) is 2.89. The molecule has 0 saturated heterocycles. The van der Waals surface area contributed by atoms with Crippen LogP contribution in [0.5, 0.6) is 40.2 Å². The van der Waals surface area contributed by atoms with Gasteiger partial charge in [-0.3, -0.25) is 4.79 Å². The summed E-state index contributed by atoms with van der Waals surface area (Å²) in [6, 6.07) is 14.2. The quantitative estimate of drug-likeness (QED) is 0.306. The molecule has 35 heavy (non-hydrogen) atoms. The van der Waals surface area contributed by atoms with E-state index >= 15 is 0 Å². The van der Waals surface area contributed by atoms with Gasteiger partial charge in [-0.15, -0.1) is 0 Å². The molecule has 0 saturated carbocycles. The third-order valence-corrected chi connectivity index (χ3v) is 5.22. The largest absolute Gasteiger partial charge is 0.507 e. The Morgan fingerprint density at radius 3 is 2.00 bits per heavy atom. The number of rotatable bonds is 11. The van der Waals surface area contributed by atoms with Gasteiger partial charge in [0.05, 0.1) is 35.5 Å². The minimum atomic E-state index is -0.510. The molecule has 0 aromatic heterocycles. The van der Waals surface area contributed by atoms with E-state index in [0.29, 0.717) is 22.8 Å². The summed E-state index contributed by atoms with van der Waals surface area (Å²) in [5, 5.41) is 10.7. The lowest BCUT2D eigenvalue weighted by Gasteiger charge is -2.17. The molecule has 0 aliphatic heterocycles. The molecule has 0 aliphatic rings. The Balaban J connectivity index is 1.95. The summed E-state index contributed by atoms with van der Waals surface area (Å²) in [4.78, 5) is 13.1. The highest BCUT2D eigenvalue weighted by molar-refractivity contribution is 6.11. The van der Waals surface area contributed by atoms with E-state index in [1.165, 1.54) is 47.7 Å². The predicted octanol–water partition coefficient (Wildman–Crippen LogP) is 4.91. The molecule has 0 spiro atoms. The molecule has 0 unspecified atom stereocenters. The zero-order valence-corrected chi connectivity index (χ0v) is 20.3. The number of methoxy groups -OCH3 is 5. The highest BCUT2D eigenvalue weighted by Gasteiger charge is 2.25. The van der Waals surface area contributed by atoms with Crippen molar-refractivity contribution < 1.29 is 38.3 Å². The van der Waals surface area contributed by atoms with Crippen molar-refractivity contribution in [3.63, 3.8) is 0 Å². The van der Waals surface area contributed by atoms with Crippen LogP contribution in [-0.4, -0.2) is 46.4 Å². The maximum Gasteiger partial charge on any atom is 0.204 e. The predicted molar refractivity (Wildman–Crippen MR) is 131 cm³/mol. The Labute approximate surface area is 204 Å². The number of carbonyl (C=O) groups excluding carboxylic acids is 1. The number of aromatic hydroxyl groups is 1. The summed E-state index contributed by atoms with van der Waals surface area (Å²) >= 11 is 0. The zero-order valence-electron chi connectivity index (χ0n) is 20.3. The van der Waals surface area contributed by atoms with Crippen molar-refractivity contribution in [1.82, 2.24) is 0 Å². The van der Waals surface area contributed by atoms with E-state index in [0.717, 1.165) is 5.56 Å². The maximum atomic E-state index is 13.1. The molecule has 0 radical (unpaired) electrons.